The van der Waals surface area contributed by atoms with Crippen LogP contribution in [0.2, 0.25) is 0 Å². The van der Waals surface area contributed by atoms with Crippen LogP contribution in [-0.4, -0.2) is 56.7 Å². The summed E-state index contributed by atoms with van der Waals surface area (Å²) in [5.74, 6) is 0.382. The van der Waals surface area contributed by atoms with Gasteiger partial charge in [-0.1, -0.05) is 0 Å². The van der Waals surface area contributed by atoms with Gasteiger partial charge in [0.1, 0.15) is 0 Å². The number of hydrogen-bond acceptors (Lipinski definition) is 5. The first kappa shape index (κ1) is 18.3. The standard InChI is InChI=1S/C19H20F2N6O/c1-25-15-6-5-13(12-14(15)23-18(25)17(20)21)19(28)27-9-3-8-26(10-11-27)16-4-2-7-22-24-16/h2,4-7,12,17H,3,8-11H2,1H3. The number of aromatic nitrogens is 4. The van der Waals surface area contributed by atoms with Gasteiger partial charge in [0, 0.05) is 45.0 Å². The molecule has 2 aromatic heterocycles. The van der Waals surface area contributed by atoms with E-state index < -0.39 is 6.43 Å². The number of nitrogens with zero attached hydrogens (tertiary/aromatic N) is 6. The first-order valence-corrected chi connectivity index (χ1v) is 9.11. The number of carbonyl (C=O) groups excluding carboxylic acids is 1. The monoisotopic (exact) mass is 386 g/mol. The van der Waals surface area contributed by atoms with Gasteiger partial charge >= 0.3 is 0 Å². The highest BCUT2D eigenvalue weighted by Crippen LogP contribution is 2.24. The van der Waals surface area contributed by atoms with E-state index >= 15 is 0 Å². The van der Waals surface area contributed by atoms with Crippen molar-refractivity contribution >= 4 is 22.8 Å². The number of alkyl halides is 2. The SMILES string of the molecule is Cn1c(C(F)F)nc2cc(C(=O)N3CCCN(c4cccnn4)CC3)ccc21. The lowest BCUT2D eigenvalue weighted by Crippen LogP contribution is -2.35. The van der Waals surface area contributed by atoms with E-state index in [1.807, 2.05) is 12.1 Å². The van der Waals surface area contributed by atoms with Gasteiger partial charge in [-0.05, 0) is 36.8 Å². The third-order valence-electron chi connectivity index (χ3n) is 5.02. The number of halogens is 2. The highest BCUT2D eigenvalue weighted by molar-refractivity contribution is 5.97. The molecule has 0 saturated carbocycles. The number of fused-ring (bicyclic) bond motifs is 1. The second kappa shape index (κ2) is 7.49. The summed E-state index contributed by atoms with van der Waals surface area (Å²) in [6.45, 7) is 2.63. The van der Waals surface area contributed by atoms with Crippen LogP contribution in [0.3, 0.4) is 0 Å². The van der Waals surface area contributed by atoms with Crippen molar-refractivity contribution in [3.05, 3.63) is 47.9 Å². The van der Waals surface area contributed by atoms with Crippen molar-refractivity contribution < 1.29 is 13.6 Å². The molecule has 3 aromatic rings. The molecular weight excluding hydrogens is 366 g/mol. The van der Waals surface area contributed by atoms with Crippen LogP contribution in [0.15, 0.2) is 36.5 Å². The van der Waals surface area contributed by atoms with E-state index in [1.165, 1.54) is 4.57 Å². The van der Waals surface area contributed by atoms with Crippen molar-refractivity contribution in [1.29, 1.82) is 0 Å². The average Bonchev–Trinajstić information content (AvgIpc) is 2.89. The molecule has 1 fully saturated rings. The van der Waals surface area contributed by atoms with E-state index in [-0.39, 0.29) is 11.7 Å². The minimum absolute atomic E-state index is 0.118. The molecule has 0 unspecified atom stereocenters. The minimum atomic E-state index is -2.66. The number of benzene rings is 1. The summed E-state index contributed by atoms with van der Waals surface area (Å²) in [5, 5.41) is 8.04. The molecule has 0 aliphatic carbocycles. The predicted molar refractivity (Wildman–Crippen MR) is 100 cm³/mol. The van der Waals surface area contributed by atoms with Crippen molar-refractivity contribution in [2.45, 2.75) is 12.8 Å². The molecule has 1 aliphatic rings. The van der Waals surface area contributed by atoms with Gasteiger partial charge in [-0.3, -0.25) is 4.79 Å². The normalized spacial score (nSPS) is 15.3. The van der Waals surface area contributed by atoms with Crippen LogP contribution in [0, 0.1) is 0 Å². The Morgan fingerprint density at radius 3 is 2.75 bits per heavy atom. The summed E-state index contributed by atoms with van der Waals surface area (Å²) in [6, 6.07) is 8.68. The van der Waals surface area contributed by atoms with E-state index in [4.69, 9.17) is 0 Å². The molecule has 7 nitrogen and oxygen atoms in total. The molecule has 1 aromatic carbocycles. The number of imidazole rings is 1. The Kier molecular flexibility index (Phi) is 4.89. The minimum Gasteiger partial charge on any atom is -0.353 e. The number of rotatable bonds is 3. The van der Waals surface area contributed by atoms with E-state index in [0.717, 1.165) is 18.8 Å². The molecule has 4 rings (SSSR count). The number of hydrogen-bond donors (Lipinski definition) is 0. The van der Waals surface area contributed by atoms with Crippen molar-refractivity contribution in [2.75, 3.05) is 31.1 Å². The molecule has 9 heteroatoms. The van der Waals surface area contributed by atoms with Crippen molar-refractivity contribution in [3.8, 4) is 0 Å². The van der Waals surface area contributed by atoms with E-state index in [1.54, 1.807) is 36.3 Å². The molecule has 28 heavy (non-hydrogen) atoms. The number of anilines is 1. The predicted octanol–water partition coefficient (Wildman–Crippen LogP) is 2.65. The number of amides is 1. The van der Waals surface area contributed by atoms with Gasteiger partial charge in [0.2, 0.25) is 0 Å². The Morgan fingerprint density at radius 2 is 2.00 bits per heavy atom. The van der Waals surface area contributed by atoms with Crippen LogP contribution in [0.25, 0.3) is 11.0 Å². The second-order valence-electron chi connectivity index (χ2n) is 6.75. The molecule has 1 amide bonds. The van der Waals surface area contributed by atoms with Crippen LogP contribution in [0.5, 0.6) is 0 Å². The molecular formula is C19H20F2N6O. The molecule has 146 valence electrons. The van der Waals surface area contributed by atoms with Crippen LogP contribution in [0.1, 0.15) is 29.0 Å². The van der Waals surface area contributed by atoms with Gasteiger partial charge < -0.3 is 14.4 Å². The first-order valence-electron chi connectivity index (χ1n) is 9.11. The first-order chi connectivity index (χ1) is 13.5. The maximum Gasteiger partial charge on any atom is 0.295 e. The van der Waals surface area contributed by atoms with Gasteiger partial charge in [-0.2, -0.15) is 5.10 Å². The second-order valence-corrected chi connectivity index (χ2v) is 6.75. The highest BCUT2D eigenvalue weighted by Gasteiger charge is 2.23. The Hall–Kier alpha value is -3.10. The maximum absolute atomic E-state index is 13.1. The smallest absolute Gasteiger partial charge is 0.295 e. The summed E-state index contributed by atoms with van der Waals surface area (Å²) >= 11 is 0. The average molecular weight is 386 g/mol. The lowest BCUT2D eigenvalue weighted by Gasteiger charge is -2.22. The van der Waals surface area contributed by atoms with Gasteiger partial charge in [-0.25, -0.2) is 13.8 Å². The Balaban J connectivity index is 1.52. The third-order valence-corrected chi connectivity index (χ3v) is 5.02. The fraction of sp³-hybridized carbons (Fsp3) is 0.368. The lowest BCUT2D eigenvalue weighted by atomic mass is 10.1. The topological polar surface area (TPSA) is 67.2 Å². The fourth-order valence-corrected chi connectivity index (χ4v) is 3.54. The molecule has 3 heterocycles. The Labute approximate surface area is 160 Å². The summed E-state index contributed by atoms with van der Waals surface area (Å²) < 4.78 is 27.5. The van der Waals surface area contributed by atoms with Gasteiger partial charge in [0.25, 0.3) is 12.3 Å². The van der Waals surface area contributed by atoms with Crippen LogP contribution in [-0.2, 0) is 7.05 Å². The highest BCUT2D eigenvalue weighted by atomic mass is 19.3. The lowest BCUT2D eigenvalue weighted by molar-refractivity contribution is 0.0767. The molecule has 1 aliphatic heterocycles. The number of carbonyl (C=O) groups is 1. The zero-order valence-corrected chi connectivity index (χ0v) is 15.4. The van der Waals surface area contributed by atoms with E-state index in [0.29, 0.717) is 36.2 Å². The quantitative estimate of drug-likeness (QED) is 0.692. The Bertz CT molecular complexity index is 991. The summed E-state index contributed by atoms with van der Waals surface area (Å²) in [6.07, 6.45) is -0.220. The maximum atomic E-state index is 13.1. The molecule has 0 radical (unpaired) electrons. The van der Waals surface area contributed by atoms with Crippen LogP contribution >= 0.6 is 0 Å². The van der Waals surface area contributed by atoms with Gasteiger partial charge in [0.05, 0.1) is 11.0 Å². The molecule has 0 spiro atoms. The van der Waals surface area contributed by atoms with Crippen molar-refractivity contribution in [3.63, 3.8) is 0 Å². The van der Waals surface area contributed by atoms with Crippen LogP contribution in [0.4, 0.5) is 14.6 Å². The third kappa shape index (κ3) is 3.39. The van der Waals surface area contributed by atoms with Gasteiger partial charge in [-0.15, -0.1) is 5.10 Å². The van der Waals surface area contributed by atoms with Crippen molar-refractivity contribution in [1.82, 2.24) is 24.6 Å². The van der Waals surface area contributed by atoms with E-state index in [2.05, 4.69) is 20.1 Å². The molecule has 0 N–H and O–H groups in total. The summed E-state index contributed by atoms with van der Waals surface area (Å²) in [5.41, 5.74) is 1.44. The molecule has 1 saturated heterocycles. The number of aryl methyl sites for hydroxylation is 1. The molecule has 0 atom stereocenters. The summed E-state index contributed by atoms with van der Waals surface area (Å²) in [7, 11) is 1.55. The fourth-order valence-electron chi connectivity index (χ4n) is 3.54. The zero-order valence-electron chi connectivity index (χ0n) is 15.4. The summed E-state index contributed by atoms with van der Waals surface area (Å²) in [4.78, 5) is 20.8. The molecule has 0 bridgehead atoms. The Morgan fingerprint density at radius 1 is 1.14 bits per heavy atom. The zero-order chi connectivity index (χ0) is 19.7. The van der Waals surface area contributed by atoms with Crippen molar-refractivity contribution in [2.24, 2.45) is 7.05 Å². The van der Waals surface area contributed by atoms with Gasteiger partial charge in [0.15, 0.2) is 11.6 Å². The van der Waals surface area contributed by atoms with Crippen LogP contribution < -0.4 is 4.90 Å². The largest absolute Gasteiger partial charge is 0.353 e. The van der Waals surface area contributed by atoms with E-state index in [9.17, 15) is 13.6 Å².